The molecule has 3 heterocycles. The fourth-order valence-electron chi connectivity index (χ4n) is 3.55. The molecular formula is C11H15N3O3. The maximum absolute atomic E-state index is 12.3. The molecule has 0 unspecified atom stereocenters. The van der Waals surface area contributed by atoms with Crippen LogP contribution < -0.4 is 0 Å². The van der Waals surface area contributed by atoms with Crippen LogP contribution in [0.3, 0.4) is 0 Å². The van der Waals surface area contributed by atoms with Crippen molar-refractivity contribution in [3.8, 4) is 0 Å². The highest BCUT2D eigenvalue weighted by Crippen LogP contribution is 2.41. The summed E-state index contributed by atoms with van der Waals surface area (Å²) in [4.78, 5) is 27.6. The van der Waals surface area contributed by atoms with Crippen molar-refractivity contribution in [3.63, 3.8) is 0 Å². The maximum atomic E-state index is 12.3. The van der Waals surface area contributed by atoms with E-state index >= 15 is 0 Å². The quantitative estimate of drug-likeness (QED) is 0.646. The molecule has 92 valence electrons. The van der Waals surface area contributed by atoms with Gasteiger partial charge >= 0.3 is 6.03 Å². The highest BCUT2D eigenvalue weighted by atomic mass is 16.5. The minimum absolute atomic E-state index is 0.0969. The molecule has 4 rings (SSSR count). The minimum Gasteiger partial charge on any atom is -0.338 e. The molecule has 4 fully saturated rings. The third-order valence-corrected chi connectivity index (χ3v) is 4.51. The second-order valence-corrected chi connectivity index (χ2v) is 5.60. The lowest BCUT2D eigenvalue weighted by atomic mass is 9.91. The molecule has 0 aromatic heterocycles. The Morgan fingerprint density at radius 3 is 2.53 bits per heavy atom. The number of rotatable bonds is 1. The van der Waals surface area contributed by atoms with Gasteiger partial charge in [-0.05, 0) is 19.3 Å². The van der Waals surface area contributed by atoms with Gasteiger partial charge in [0.1, 0.15) is 6.04 Å². The molecule has 6 heteroatoms. The molecule has 3 aliphatic heterocycles. The molecule has 3 saturated heterocycles. The highest BCUT2D eigenvalue weighted by molar-refractivity contribution is 5.91. The second kappa shape index (κ2) is 2.93. The Kier molecular flexibility index (Phi) is 1.67. The molecule has 2 bridgehead atoms. The normalized spacial score (nSPS) is 40.3. The molecule has 0 aromatic rings. The Morgan fingerprint density at radius 1 is 1.06 bits per heavy atom. The minimum atomic E-state index is -0.395. The molecule has 0 spiro atoms. The molecule has 0 radical (unpaired) electrons. The lowest BCUT2D eigenvalue weighted by molar-refractivity contribution is -0.132. The van der Waals surface area contributed by atoms with E-state index < -0.39 is 6.03 Å². The first-order valence-corrected chi connectivity index (χ1v) is 6.26. The zero-order valence-corrected chi connectivity index (χ0v) is 9.45. The van der Waals surface area contributed by atoms with Crippen molar-refractivity contribution < 1.29 is 14.8 Å². The van der Waals surface area contributed by atoms with Crippen LogP contribution in [-0.4, -0.2) is 63.2 Å². The summed E-state index contributed by atoms with van der Waals surface area (Å²) in [6, 6.07) is -0.395. The summed E-state index contributed by atoms with van der Waals surface area (Å²) in [7, 11) is 0. The average molecular weight is 237 g/mol. The lowest BCUT2D eigenvalue weighted by Crippen LogP contribution is -2.48. The highest BCUT2D eigenvalue weighted by Gasteiger charge is 2.57. The summed E-state index contributed by atoms with van der Waals surface area (Å²) in [6.07, 6.45) is 2.96. The molecule has 1 aliphatic carbocycles. The number of hydrogen-bond donors (Lipinski definition) is 1. The summed E-state index contributed by atoms with van der Waals surface area (Å²) in [5, 5.41) is 10.4. The average Bonchev–Trinajstić information content (AvgIpc) is 3.08. The van der Waals surface area contributed by atoms with E-state index in [-0.39, 0.29) is 23.9 Å². The van der Waals surface area contributed by atoms with E-state index in [0.29, 0.717) is 12.6 Å². The number of piperidine rings is 1. The van der Waals surface area contributed by atoms with Crippen LogP contribution in [0.2, 0.25) is 0 Å². The number of carbonyl (C=O) groups excluding carboxylic acids is 2. The number of amides is 3. The van der Waals surface area contributed by atoms with Crippen molar-refractivity contribution in [3.05, 3.63) is 0 Å². The van der Waals surface area contributed by atoms with Crippen molar-refractivity contribution in [2.75, 3.05) is 13.1 Å². The van der Waals surface area contributed by atoms with E-state index in [1.54, 1.807) is 4.90 Å². The predicted octanol–water partition coefficient (Wildman–Crippen LogP) is -0.125. The number of fused-ring (bicyclic) bond motifs is 4. The van der Waals surface area contributed by atoms with E-state index in [4.69, 9.17) is 0 Å². The van der Waals surface area contributed by atoms with Gasteiger partial charge in [0.05, 0.1) is 6.04 Å². The van der Waals surface area contributed by atoms with Gasteiger partial charge in [0, 0.05) is 25.0 Å². The van der Waals surface area contributed by atoms with Crippen molar-refractivity contribution in [2.24, 2.45) is 5.92 Å². The molecule has 6 nitrogen and oxygen atoms in total. The van der Waals surface area contributed by atoms with Gasteiger partial charge < -0.3 is 9.80 Å². The van der Waals surface area contributed by atoms with E-state index in [2.05, 4.69) is 0 Å². The Morgan fingerprint density at radius 2 is 1.82 bits per heavy atom. The molecule has 4 aliphatic rings. The van der Waals surface area contributed by atoms with Gasteiger partial charge in [0.15, 0.2) is 0 Å². The number of hydroxylamine groups is 2. The largest absolute Gasteiger partial charge is 0.344 e. The van der Waals surface area contributed by atoms with Crippen LogP contribution in [0.25, 0.3) is 0 Å². The van der Waals surface area contributed by atoms with E-state index in [1.165, 1.54) is 0 Å². The first kappa shape index (κ1) is 9.70. The third kappa shape index (κ3) is 1.14. The van der Waals surface area contributed by atoms with Crippen molar-refractivity contribution >= 4 is 11.9 Å². The van der Waals surface area contributed by atoms with E-state index in [0.717, 1.165) is 30.9 Å². The summed E-state index contributed by atoms with van der Waals surface area (Å²) >= 11 is 0. The fourth-order valence-corrected chi connectivity index (χ4v) is 3.55. The standard InChI is InChI=1S/C11H15N3O3/c15-10-9-6(4-12(10)7-1-2-7)3-8-5-13(9)11(16)14(8)17/h6-9,17H,1-5H2/t6-,8+,9-/m0/s1. The Hall–Kier alpha value is -1.30. The van der Waals surface area contributed by atoms with Crippen LogP contribution in [0.5, 0.6) is 0 Å². The monoisotopic (exact) mass is 237 g/mol. The zero-order chi connectivity index (χ0) is 11.7. The topological polar surface area (TPSA) is 64.1 Å². The van der Waals surface area contributed by atoms with Gasteiger partial charge in [0.2, 0.25) is 5.91 Å². The van der Waals surface area contributed by atoms with Gasteiger partial charge in [0.25, 0.3) is 0 Å². The van der Waals surface area contributed by atoms with Crippen LogP contribution in [-0.2, 0) is 4.79 Å². The molecular weight excluding hydrogens is 222 g/mol. The SMILES string of the molecule is O=C1[C@@H]2[C@@H](C[C@@H]3CN2C(=O)N3O)CN1C1CC1. The second-order valence-electron chi connectivity index (χ2n) is 5.60. The first-order chi connectivity index (χ1) is 8.16. The Labute approximate surface area is 98.7 Å². The van der Waals surface area contributed by atoms with Gasteiger partial charge in [-0.3, -0.25) is 10.0 Å². The summed E-state index contributed by atoms with van der Waals surface area (Å²) < 4.78 is 0. The molecule has 3 atom stereocenters. The lowest BCUT2D eigenvalue weighted by Gasteiger charge is -2.30. The fraction of sp³-hybridized carbons (Fsp3) is 0.818. The molecule has 17 heavy (non-hydrogen) atoms. The van der Waals surface area contributed by atoms with Crippen molar-refractivity contribution in [1.29, 1.82) is 0 Å². The van der Waals surface area contributed by atoms with Gasteiger partial charge in [-0.25, -0.2) is 9.86 Å². The predicted molar refractivity (Wildman–Crippen MR) is 56.1 cm³/mol. The number of carbonyl (C=O) groups is 2. The number of likely N-dealkylation sites (tertiary alicyclic amines) is 1. The molecule has 1 saturated carbocycles. The van der Waals surface area contributed by atoms with Crippen LogP contribution in [0.4, 0.5) is 4.79 Å². The number of urea groups is 1. The number of nitrogens with zero attached hydrogens (tertiary/aromatic N) is 3. The van der Waals surface area contributed by atoms with E-state index in [9.17, 15) is 14.8 Å². The van der Waals surface area contributed by atoms with Crippen molar-refractivity contribution in [1.82, 2.24) is 14.9 Å². The first-order valence-electron chi connectivity index (χ1n) is 6.26. The zero-order valence-electron chi connectivity index (χ0n) is 9.45. The number of hydrogen-bond acceptors (Lipinski definition) is 3. The smallest absolute Gasteiger partial charge is 0.338 e. The van der Waals surface area contributed by atoms with E-state index in [1.807, 2.05) is 4.90 Å². The van der Waals surface area contributed by atoms with Gasteiger partial charge in [-0.15, -0.1) is 0 Å². The van der Waals surface area contributed by atoms with Crippen molar-refractivity contribution in [2.45, 2.75) is 37.4 Å². The Bertz CT molecular complexity index is 409. The van der Waals surface area contributed by atoms with Gasteiger partial charge in [-0.2, -0.15) is 0 Å². The third-order valence-electron chi connectivity index (χ3n) is 4.51. The summed E-state index contributed by atoms with van der Waals surface area (Å²) in [5.41, 5.74) is 0. The van der Waals surface area contributed by atoms with Crippen LogP contribution in [0.1, 0.15) is 19.3 Å². The van der Waals surface area contributed by atoms with Crippen LogP contribution in [0.15, 0.2) is 0 Å². The molecule has 3 amide bonds. The molecule has 0 aromatic carbocycles. The Balaban J connectivity index is 1.66. The van der Waals surface area contributed by atoms with Crippen LogP contribution in [0, 0.1) is 5.92 Å². The van der Waals surface area contributed by atoms with Gasteiger partial charge in [-0.1, -0.05) is 0 Å². The summed E-state index contributed by atoms with van der Waals surface area (Å²) in [6.45, 7) is 1.27. The molecule has 1 N–H and O–H groups in total. The maximum Gasteiger partial charge on any atom is 0.344 e. The summed E-state index contributed by atoms with van der Waals surface area (Å²) in [5.74, 6) is 0.308. The van der Waals surface area contributed by atoms with Crippen LogP contribution >= 0.6 is 0 Å².